The average Bonchev–Trinajstić information content (AvgIpc) is 2.97. The lowest BCUT2D eigenvalue weighted by molar-refractivity contribution is -0.130. The Hall–Kier alpha value is -2.68. The van der Waals surface area contributed by atoms with Gasteiger partial charge in [-0.1, -0.05) is 30.8 Å². The maximum absolute atomic E-state index is 15.3. The number of amides is 2. The van der Waals surface area contributed by atoms with Crippen LogP contribution in [0.4, 0.5) is 13.2 Å². The van der Waals surface area contributed by atoms with Crippen LogP contribution in [0.2, 0.25) is 0 Å². The predicted molar refractivity (Wildman–Crippen MR) is 105 cm³/mol. The van der Waals surface area contributed by atoms with Crippen LogP contribution in [0.25, 0.3) is 0 Å². The maximum Gasteiger partial charge on any atom is 0.296 e. The first kappa shape index (κ1) is 21.0. The van der Waals surface area contributed by atoms with Crippen molar-refractivity contribution in [1.29, 1.82) is 0 Å². The molecule has 2 aromatic rings. The molecule has 3 rings (SSSR count). The highest BCUT2D eigenvalue weighted by molar-refractivity contribution is 8.16. The van der Waals surface area contributed by atoms with Gasteiger partial charge in [-0.05, 0) is 42.7 Å². The van der Waals surface area contributed by atoms with Crippen LogP contribution in [0.15, 0.2) is 47.6 Å². The Bertz CT molecular complexity index is 995. The highest BCUT2D eigenvalue weighted by atomic mass is 32.2. The molecule has 0 bridgehead atoms. The van der Waals surface area contributed by atoms with E-state index in [1.807, 2.05) is 6.92 Å². The average molecular weight is 421 g/mol. The third-order valence-electron chi connectivity index (χ3n) is 4.85. The van der Waals surface area contributed by atoms with Crippen molar-refractivity contribution in [2.75, 3.05) is 0 Å². The van der Waals surface area contributed by atoms with Crippen molar-refractivity contribution in [3.8, 4) is 0 Å². The van der Waals surface area contributed by atoms with Crippen LogP contribution in [0.5, 0.6) is 0 Å². The minimum absolute atomic E-state index is 0.145. The summed E-state index contributed by atoms with van der Waals surface area (Å²) in [5.74, 6) is -6.03. The molecule has 1 aromatic heterocycles. The van der Waals surface area contributed by atoms with Gasteiger partial charge in [-0.25, -0.2) is 9.38 Å². The summed E-state index contributed by atoms with van der Waals surface area (Å²) in [5, 5.41) is 0.276. The zero-order valence-corrected chi connectivity index (χ0v) is 16.5. The molecule has 2 atom stereocenters. The van der Waals surface area contributed by atoms with Gasteiger partial charge in [-0.2, -0.15) is 8.78 Å². The molecular weight excluding hydrogens is 403 g/mol. The standard InChI is InChI=1S/C20H18F3N3O2S/c1-11(12-3-5-14(21)6-4-12)9-16-26-18(28)19(2,29-16)20(22,23)13-7-8-25-15(10-13)17(24)27/h3-8,10-11H,9H2,1-2H3,(H2,24,27)/t11-,19?/m1/s1. The number of hydrogen-bond donors (Lipinski definition) is 1. The number of carbonyl (C=O) groups is 2. The fourth-order valence-electron chi connectivity index (χ4n) is 3.01. The zero-order chi connectivity index (χ0) is 21.4. The number of nitrogens with zero attached hydrogens (tertiary/aromatic N) is 2. The summed E-state index contributed by atoms with van der Waals surface area (Å²) in [6, 6.07) is 7.79. The van der Waals surface area contributed by atoms with Crippen molar-refractivity contribution in [2.45, 2.75) is 36.9 Å². The third kappa shape index (κ3) is 3.91. The Morgan fingerprint density at radius 2 is 1.93 bits per heavy atom. The van der Waals surface area contributed by atoms with E-state index in [0.29, 0.717) is 11.8 Å². The molecule has 5 nitrogen and oxygen atoms in total. The maximum atomic E-state index is 15.3. The van der Waals surface area contributed by atoms with Gasteiger partial charge in [0, 0.05) is 18.2 Å². The molecule has 0 fully saturated rings. The Labute approximate surface area is 169 Å². The van der Waals surface area contributed by atoms with Crippen LogP contribution in [0.1, 0.15) is 47.8 Å². The predicted octanol–water partition coefficient (Wildman–Crippen LogP) is 4.04. The summed E-state index contributed by atoms with van der Waals surface area (Å²) in [7, 11) is 0. The van der Waals surface area contributed by atoms with E-state index in [1.54, 1.807) is 12.1 Å². The fourth-order valence-corrected chi connectivity index (χ4v) is 4.33. The number of nitrogens with two attached hydrogens (primary N) is 1. The van der Waals surface area contributed by atoms with E-state index in [0.717, 1.165) is 30.8 Å². The molecule has 0 saturated heterocycles. The van der Waals surface area contributed by atoms with Crippen molar-refractivity contribution < 1.29 is 22.8 Å². The second-order valence-corrected chi connectivity index (χ2v) is 8.46. The second kappa shape index (κ2) is 7.62. The molecule has 1 aromatic carbocycles. The van der Waals surface area contributed by atoms with E-state index in [-0.39, 0.29) is 28.9 Å². The van der Waals surface area contributed by atoms with Gasteiger partial charge in [0.1, 0.15) is 11.5 Å². The molecule has 2 amide bonds. The third-order valence-corrected chi connectivity index (χ3v) is 6.18. The van der Waals surface area contributed by atoms with E-state index in [9.17, 15) is 14.0 Å². The van der Waals surface area contributed by atoms with Crippen LogP contribution in [-0.2, 0) is 10.7 Å². The Morgan fingerprint density at radius 3 is 2.55 bits per heavy atom. The fraction of sp³-hybridized carbons (Fsp3) is 0.300. The van der Waals surface area contributed by atoms with Gasteiger partial charge in [0.05, 0.1) is 5.04 Å². The zero-order valence-electron chi connectivity index (χ0n) is 15.7. The number of benzene rings is 1. The SMILES string of the molecule is C[C@H](CC1=NC(=O)C(C)(C(F)(F)c2ccnc(C(N)=O)c2)S1)c1ccc(F)cc1. The highest BCUT2D eigenvalue weighted by Gasteiger charge is 2.60. The van der Waals surface area contributed by atoms with Gasteiger partial charge in [-0.15, -0.1) is 0 Å². The van der Waals surface area contributed by atoms with Crippen molar-refractivity contribution in [1.82, 2.24) is 4.98 Å². The van der Waals surface area contributed by atoms with Crippen LogP contribution in [-0.4, -0.2) is 26.6 Å². The lowest BCUT2D eigenvalue weighted by Gasteiger charge is -2.31. The van der Waals surface area contributed by atoms with E-state index in [2.05, 4.69) is 9.98 Å². The van der Waals surface area contributed by atoms with Gasteiger partial charge >= 0.3 is 0 Å². The van der Waals surface area contributed by atoms with E-state index >= 15 is 8.78 Å². The number of thioether (sulfide) groups is 1. The Balaban J connectivity index is 1.82. The van der Waals surface area contributed by atoms with Gasteiger partial charge in [-0.3, -0.25) is 14.6 Å². The minimum atomic E-state index is -3.62. The molecule has 1 aliphatic heterocycles. The van der Waals surface area contributed by atoms with Crippen molar-refractivity contribution in [3.05, 3.63) is 65.2 Å². The molecule has 1 aliphatic rings. The van der Waals surface area contributed by atoms with Crippen molar-refractivity contribution in [3.63, 3.8) is 0 Å². The molecule has 152 valence electrons. The van der Waals surface area contributed by atoms with Gasteiger partial charge in [0.15, 0.2) is 4.75 Å². The first-order valence-electron chi connectivity index (χ1n) is 8.75. The Kier molecular flexibility index (Phi) is 5.53. The normalized spacial score (nSPS) is 20.4. The summed E-state index contributed by atoms with van der Waals surface area (Å²) >= 11 is 0.703. The molecule has 0 radical (unpaired) electrons. The van der Waals surface area contributed by atoms with E-state index in [4.69, 9.17) is 5.73 Å². The van der Waals surface area contributed by atoms with Crippen LogP contribution >= 0.6 is 11.8 Å². The van der Waals surface area contributed by atoms with Gasteiger partial charge < -0.3 is 5.73 Å². The van der Waals surface area contributed by atoms with Crippen LogP contribution in [0.3, 0.4) is 0 Å². The first-order chi connectivity index (χ1) is 13.5. The lowest BCUT2D eigenvalue weighted by atomic mass is 9.94. The number of alkyl halides is 2. The number of pyridine rings is 1. The summed E-state index contributed by atoms with van der Waals surface area (Å²) in [5.41, 5.74) is 5.08. The second-order valence-electron chi connectivity index (χ2n) is 6.97. The van der Waals surface area contributed by atoms with Crippen LogP contribution in [0, 0.1) is 5.82 Å². The summed E-state index contributed by atoms with van der Waals surface area (Å²) < 4.78 is 41.5. The number of carbonyl (C=O) groups excluding carboxylic acids is 2. The Morgan fingerprint density at radius 1 is 1.28 bits per heavy atom. The summed E-state index contributed by atoms with van der Waals surface area (Å²) in [6.07, 6.45) is 1.31. The number of primary amides is 1. The smallest absolute Gasteiger partial charge is 0.296 e. The largest absolute Gasteiger partial charge is 0.364 e. The van der Waals surface area contributed by atoms with Crippen molar-refractivity contribution in [2.24, 2.45) is 10.7 Å². The van der Waals surface area contributed by atoms with Crippen LogP contribution < -0.4 is 5.73 Å². The molecule has 29 heavy (non-hydrogen) atoms. The van der Waals surface area contributed by atoms with Crippen molar-refractivity contribution >= 4 is 28.6 Å². The molecular formula is C20H18F3N3O2S. The van der Waals surface area contributed by atoms with Gasteiger partial charge in [0.25, 0.3) is 17.7 Å². The first-order valence-corrected chi connectivity index (χ1v) is 9.57. The molecule has 2 heterocycles. The number of rotatable bonds is 6. The highest BCUT2D eigenvalue weighted by Crippen LogP contribution is 2.52. The molecule has 2 N–H and O–H groups in total. The number of hydrogen-bond acceptors (Lipinski definition) is 4. The number of aliphatic imine (C=N–C) groups is 1. The van der Waals surface area contributed by atoms with E-state index < -0.39 is 28.0 Å². The number of aromatic nitrogens is 1. The number of halogens is 3. The molecule has 1 unspecified atom stereocenters. The topological polar surface area (TPSA) is 85.4 Å². The molecule has 0 aliphatic carbocycles. The lowest BCUT2D eigenvalue weighted by Crippen LogP contribution is -2.45. The monoisotopic (exact) mass is 421 g/mol. The molecule has 0 spiro atoms. The quantitative estimate of drug-likeness (QED) is 0.763. The van der Waals surface area contributed by atoms with Gasteiger partial charge in [0.2, 0.25) is 0 Å². The summed E-state index contributed by atoms with van der Waals surface area (Å²) in [4.78, 5) is 31.2. The minimum Gasteiger partial charge on any atom is -0.364 e. The molecule has 9 heteroatoms. The van der Waals surface area contributed by atoms with E-state index in [1.165, 1.54) is 12.1 Å². The molecule has 0 saturated carbocycles. The summed E-state index contributed by atoms with van der Waals surface area (Å²) in [6.45, 7) is 2.97.